The van der Waals surface area contributed by atoms with Crippen LogP contribution < -0.4 is 5.32 Å². The van der Waals surface area contributed by atoms with Gasteiger partial charge in [0.15, 0.2) is 0 Å². The molecule has 1 aromatic heterocycles. The summed E-state index contributed by atoms with van der Waals surface area (Å²) in [7, 11) is 3.60. The van der Waals surface area contributed by atoms with Gasteiger partial charge in [-0.3, -0.25) is 0 Å². The van der Waals surface area contributed by atoms with Crippen LogP contribution in [-0.2, 0) is 18.3 Å². The van der Waals surface area contributed by atoms with E-state index in [1.165, 1.54) is 0 Å². The van der Waals surface area contributed by atoms with E-state index in [1.54, 1.807) is 7.11 Å². The van der Waals surface area contributed by atoms with E-state index in [0.717, 1.165) is 25.3 Å². The van der Waals surface area contributed by atoms with Crippen molar-refractivity contribution in [3.8, 4) is 6.07 Å². The molecule has 88 valence electrons. The first-order chi connectivity index (χ1) is 7.67. The van der Waals surface area contributed by atoms with E-state index in [1.807, 2.05) is 23.9 Å². The summed E-state index contributed by atoms with van der Waals surface area (Å²) in [6.07, 6.45) is 1.98. The monoisotopic (exact) mass is 221 g/mol. The lowest BCUT2D eigenvalue weighted by Crippen LogP contribution is -2.23. The molecule has 0 fully saturated rings. The van der Waals surface area contributed by atoms with Gasteiger partial charge in [0, 0.05) is 40.1 Å². The first kappa shape index (κ1) is 12.8. The number of ether oxygens (including phenoxy) is 1. The first-order valence-electron chi connectivity index (χ1n) is 5.42. The normalized spacial score (nSPS) is 12.4. The Kier molecular flexibility index (Phi) is 5.03. The molecule has 1 atom stereocenters. The van der Waals surface area contributed by atoms with Crippen molar-refractivity contribution in [1.82, 2.24) is 9.88 Å². The molecular formula is C12H19N3O. The van der Waals surface area contributed by atoms with Gasteiger partial charge in [-0.15, -0.1) is 0 Å². The van der Waals surface area contributed by atoms with Crippen LogP contribution in [-0.4, -0.2) is 24.8 Å². The topological polar surface area (TPSA) is 50.0 Å². The molecule has 0 radical (unpaired) electrons. The lowest BCUT2D eigenvalue weighted by atomic mass is 10.2. The summed E-state index contributed by atoms with van der Waals surface area (Å²) in [6.45, 7) is 4.63. The Morgan fingerprint density at radius 3 is 2.94 bits per heavy atom. The fourth-order valence-corrected chi connectivity index (χ4v) is 1.65. The summed E-state index contributed by atoms with van der Waals surface area (Å²) < 4.78 is 6.90. The third kappa shape index (κ3) is 3.69. The molecule has 0 aliphatic carbocycles. The van der Waals surface area contributed by atoms with Gasteiger partial charge in [-0.1, -0.05) is 6.92 Å². The van der Waals surface area contributed by atoms with Crippen molar-refractivity contribution in [1.29, 1.82) is 5.26 Å². The van der Waals surface area contributed by atoms with Crippen LogP contribution in [0.15, 0.2) is 12.3 Å². The zero-order chi connectivity index (χ0) is 12.0. The van der Waals surface area contributed by atoms with Gasteiger partial charge < -0.3 is 14.6 Å². The summed E-state index contributed by atoms with van der Waals surface area (Å²) in [5.41, 5.74) is 1.84. The summed E-state index contributed by atoms with van der Waals surface area (Å²) >= 11 is 0. The second-order valence-corrected chi connectivity index (χ2v) is 4.15. The van der Waals surface area contributed by atoms with Crippen LogP contribution in [0.5, 0.6) is 0 Å². The van der Waals surface area contributed by atoms with Crippen LogP contribution in [0.3, 0.4) is 0 Å². The van der Waals surface area contributed by atoms with Crippen LogP contribution in [0.1, 0.15) is 18.2 Å². The Morgan fingerprint density at radius 1 is 1.62 bits per heavy atom. The number of aromatic nitrogens is 1. The Hall–Kier alpha value is -1.31. The number of nitrogens with one attached hydrogen (secondary N) is 1. The molecule has 0 bridgehead atoms. The zero-order valence-corrected chi connectivity index (χ0v) is 10.2. The highest BCUT2D eigenvalue weighted by molar-refractivity contribution is 5.28. The predicted molar refractivity (Wildman–Crippen MR) is 62.9 cm³/mol. The van der Waals surface area contributed by atoms with E-state index in [4.69, 9.17) is 10.00 Å². The van der Waals surface area contributed by atoms with Gasteiger partial charge in [-0.2, -0.15) is 5.26 Å². The summed E-state index contributed by atoms with van der Waals surface area (Å²) in [5, 5.41) is 12.2. The van der Waals surface area contributed by atoms with E-state index in [9.17, 15) is 0 Å². The summed E-state index contributed by atoms with van der Waals surface area (Å²) in [4.78, 5) is 0. The average molecular weight is 221 g/mol. The maximum atomic E-state index is 8.81. The van der Waals surface area contributed by atoms with Crippen molar-refractivity contribution >= 4 is 0 Å². The van der Waals surface area contributed by atoms with Crippen molar-refractivity contribution in [3.63, 3.8) is 0 Å². The zero-order valence-electron chi connectivity index (χ0n) is 10.2. The third-order valence-electron chi connectivity index (χ3n) is 2.45. The molecule has 1 unspecified atom stereocenters. The highest BCUT2D eigenvalue weighted by Gasteiger charge is 2.03. The third-order valence-corrected chi connectivity index (χ3v) is 2.45. The number of hydrogen-bond donors (Lipinski definition) is 1. The molecule has 16 heavy (non-hydrogen) atoms. The average Bonchev–Trinajstić information content (AvgIpc) is 2.59. The van der Waals surface area contributed by atoms with E-state index in [0.29, 0.717) is 11.6 Å². The smallest absolute Gasteiger partial charge is 0.120 e. The Morgan fingerprint density at radius 2 is 2.38 bits per heavy atom. The highest BCUT2D eigenvalue weighted by atomic mass is 16.5. The van der Waals surface area contributed by atoms with Crippen molar-refractivity contribution < 1.29 is 4.74 Å². The minimum Gasteiger partial charge on any atom is -0.384 e. The lowest BCUT2D eigenvalue weighted by Gasteiger charge is -2.10. The largest absolute Gasteiger partial charge is 0.384 e. The van der Waals surface area contributed by atoms with Crippen molar-refractivity contribution in [2.45, 2.75) is 13.5 Å². The molecule has 1 rings (SSSR count). The van der Waals surface area contributed by atoms with Crippen molar-refractivity contribution in [2.24, 2.45) is 13.0 Å². The van der Waals surface area contributed by atoms with Crippen molar-refractivity contribution in [3.05, 3.63) is 23.5 Å². The molecule has 0 aliphatic heterocycles. The van der Waals surface area contributed by atoms with Gasteiger partial charge in [0.1, 0.15) is 11.8 Å². The molecule has 0 saturated heterocycles. The molecule has 1 aromatic rings. The van der Waals surface area contributed by atoms with Crippen LogP contribution >= 0.6 is 0 Å². The summed E-state index contributed by atoms with van der Waals surface area (Å²) in [6, 6.07) is 4.06. The molecule has 1 heterocycles. The Bertz CT molecular complexity index is 365. The van der Waals surface area contributed by atoms with Gasteiger partial charge in [0.05, 0.1) is 0 Å². The molecule has 4 heteroatoms. The van der Waals surface area contributed by atoms with Gasteiger partial charge >= 0.3 is 0 Å². The molecule has 0 aliphatic rings. The molecule has 1 N–H and O–H groups in total. The predicted octanol–water partition coefficient (Wildman–Crippen LogP) is 1.27. The van der Waals surface area contributed by atoms with Crippen LogP contribution in [0, 0.1) is 17.2 Å². The molecule has 0 spiro atoms. The molecular weight excluding hydrogens is 202 g/mol. The van der Waals surface area contributed by atoms with E-state index in [2.05, 4.69) is 18.3 Å². The van der Waals surface area contributed by atoms with Crippen LogP contribution in [0.4, 0.5) is 0 Å². The molecule has 0 saturated carbocycles. The Balaban J connectivity index is 2.35. The number of rotatable bonds is 6. The standard InChI is InChI=1S/C12H19N3O/c1-10(9-16-3)6-14-7-11-4-12(5-13)15(2)8-11/h4,8,10,14H,6-7,9H2,1-3H3. The number of nitrogens with zero attached hydrogens (tertiary/aromatic N) is 2. The number of nitriles is 1. The number of methoxy groups -OCH3 is 1. The molecule has 0 amide bonds. The van der Waals surface area contributed by atoms with E-state index < -0.39 is 0 Å². The number of hydrogen-bond acceptors (Lipinski definition) is 3. The van der Waals surface area contributed by atoms with Gasteiger partial charge in [0.2, 0.25) is 0 Å². The fourth-order valence-electron chi connectivity index (χ4n) is 1.65. The van der Waals surface area contributed by atoms with Crippen LogP contribution in [0.25, 0.3) is 0 Å². The maximum absolute atomic E-state index is 8.81. The molecule has 4 nitrogen and oxygen atoms in total. The van der Waals surface area contributed by atoms with E-state index >= 15 is 0 Å². The summed E-state index contributed by atoms with van der Waals surface area (Å²) in [5.74, 6) is 0.504. The highest BCUT2D eigenvalue weighted by Crippen LogP contribution is 2.05. The molecule has 0 aromatic carbocycles. The van der Waals surface area contributed by atoms with Gasteiger partial charge in [0.25, 0.3) is 0 Å². The number of aryl methyl sites for hydroxylation is 1. The van der Waals surface area contributed by atoms with Crippen LogP contribution in [0.2, 0.25) is 0 Å². The minimum atomic E-state index is 0.504. The fraction of sp³-hybridized carbons (Fsp3) is 0.583. The van der Waals surface area contributed by atoms with E-state index in [-0.39, 0.29) is 0 Å². The lowest BCUT2D eigenvalue weighted by molar-refractivity contribution is 0.158. The quantitative estimate of drug-likeness (QED) is 0.787. The minimum absolute atomic E-state index is 0.504. The van der Waals surface area contributed by atoms with Crippen molar-refractivity contribution in [2.75, 3.05) is 20.3 Å². The SMILES string of the molecule is COCC(C)CNCc1cc(C#N)n(C)c1. The first-order valence-corrected chi connectivity index (χ1v) is 5.42. The second-order valence-electron chi connectivity index (χ2n) is 4.15. The van der Waals surface area contributed by atoms with Gasteiger partial charge in [-0.25, -0.2) is 0 Å². The maximum Gasteiger partial charge on any atom is 0.120 e. The Labute approximate surface area is 96.8 Å². The second kappa shape index (κ2) is 6.31. The van der Waals surface area contributed by atoms with Gasteiger partial charge in [-0.05, 0) is 17.5 Å².